The van der Waals surface area contributed by atoms with E-state index in [4.69, 9.17) is 0 Å². The lowest BCUT2D eigenvalue weighted by atomic mass is 10.4. The molecule has 0 amide bonds. The number of thioether (sulfide) groups is 1. The Kier molecular flexibility index (Phi) is 5.37. The first-order chi connectivity index (χ1) is 8.58. The number of nitrogens with zero attached hydrogens (tertiary/aromatic N) is 2. The van der Waals surface area contributed by atoms with E-state index in [1.165, 1.54) is 19.2 Å². The molecule has 8 heteroatoms. The topological polar surface area (TPSA) is 94.4 Å². The summed E-state index contributed by atoms with van der Waals surface area (Å²) in [4.78, 5) is 25.4. The Hall–Kier alpha value is -1.83. The second kappa shape index (κ2) is 6.80. The van der Waals surface area contributed by atoms with Crippen molar-refractivity contribution in [2.24, 2.45) is 0 Å². The fourth-order valence-corrected chi connectivity index (χ4v) is 1.97. The number of rotatable bonds is 6. The van der Waals surface area contributed by atoms with Crippen LogP contribution in [-0.4, -0.2) is 35.3 Å². The molecule has 7 nitrogen and oxygen atoms in total. The minimum absolute atomic E-state index is 0.0140. The van der Waals surface area contributed by atoms with E-state index in [2.05, 4.69) is 15.0 Å². The molecular weight excluding hydrogens is 258 g/mol. The lowest BCUT2D eigenvalue weighted by Gasteiger charge is -2.05. The summed E-state index contributed by atoms with van der Waals surface area (Å²) in [5.41, 5.74) is -0.120. The smallest absolute Gasteiger partial charge is 0.316 e. The van der Waals surface area contributed by atoms with Gasteiger partial charge >= 0.3 is 11.7 Å². The number of nitrogens with one attached hydrogen (secondary N) is 1. The van der Waals surface area contributed by atoms with Gasteiger partial charge in [-0.05, 0) is 13.0 Å². The zero-order chi connectivity index (χ0) is 13.5. The molecule has 0 saturated carbocycles. The van der Waals surface area contributed by atoms with Crippen LogP contribution in [0.5, 0.6) is 0 Å². The summed E-state index contributed by atoms with van der Waals surface area (Å²) >= 11 is 0.981. The van der Waals surface area contributed by atoms with Crippen molar-refractivity contribution < 1.29 is 14.5 Å². The van der Waals surface area contributed by atoms with Gasteiger partial charge in [0.15, 0.2) is 5.03 Å². The fraction of sp³-hybridized carbons (Fsp3) is 0.400. The van der Waals surface area contributed by atoms with Crippen molar-refractivity contribution in [2.75, 3.05) is 24.7 Å². The van der Waals surface area contributed by atoms with E-state index in [9.17, 15) is 14.9 Å². The second-order valence-corrected chi connectivity index (χ2v) is 4.14. The largest absolute Gasteiger partial charge is 0.468 e. The molecule has 1 N–H and O–H groups in total. The number of methoxy groups -OCH3 is 1. The van der Waals surface area contributed by atoms with Gasteiger partial charge in [-0.15, -0.1) is 0 Å². The van der Waals surface area contributed by atoms with Crippen molar-refractivity contribution in [3.63, 3.8) is 0 Å². The molecule has 1 aromatic rings. The van der Waals surface area contributed by atoms with Crippen LogP contribution in [0.1, 0.15) is 6.92 Å². The Morgan fingerprint density at radius 2 is 2.33 bits per heavy atom. The third-order valence-corrected chi connectivity index (χ3v) is 2.90. The van der Waals surface area contributed by atoms with E-state index in [1.54, 1.807) is 0 Å². The minimum Gasteiger partial charge on any atom is -0.468 e. The van der Waals surface area contributed by atoms with E-state index in [0.717, 1.165) is 11.8 Å². The van der Waals surface area contributed by atoms with Crippen molar-refractivity contribution in [1.29, 1.82) is 0 Å². The van der Waals surface area contributed by atoms with Crippen molar-refractivity contribution in [3.8, 4) is 0 Å². The summed E-state index contributed by atoms with van der Waals surface area (Å²) in [6.07, 6.45) is 0. The van der Waals surface area contributed by atoms with Crippen LogP contribution in [0.4, 0.5) is 11.5 Å². The molecule has 0 aliphatic rings. The minimum atomic E-state index is -0.525. The number of nitro groups is 1. The molecule has 0 aromatic carbocycles. The molecule has 0 fully saturated rings. The Morgan fingerprint density at radius 3 is 2.89 bits per heavy atom. The third-order valence-electron chi connectivity index (χ3n) is 1.95. The lowest BCUT2D eigenvalue weighted by Crippen LogP contribution is -2.05. The first-order valence-corrected chi connectivity index (χ1v) is 6.16. The van der Waals surface area contributed by atoms with Crippen LogP contribution in [0.25, 0.3) is 0 Å². The molecule has 0 unspecified atom stereocenters. The SMILES string of the molecule is CCNc1ccc([N+](=O)[O-])c(SCC(=O)OC)n1. The van der Waals surface area contributed by atoms with Crippen molar-refractivity contribution in [1.82, 2.24) is 4.98 Å². The number of hydrogen-bond acceptors (Lipinski definition) is 7. The summed E-state index contributed by atoms with van der Waals surface area (Å²) in [5, 5.41) is 14.0. The van der Waals surface area contributed by atoms with Crippen LogP contribution >= 0.6 is 11.8 Å². The highest BCUT2D eigenvalue weighted by atomic mass is 32.2. The highest BCUT2D eigenvalue weighted by Crippen LogP contribution is 2.28. The molecular formula is C10H13N3O4S. The van der Waals surface area contributed by atoms with Gasteiger partial charge in [0.25, 0.3) is 0 Å². The first kappa shape index (κ1) is 14.2. The van der Waals surface area contributed by atoms with Crippen LogP contribution in [-0.2, 0) is 9.53 Å². The zero-order valence-corrected chi connectivity index (χ0v) is 10.8. The monoisotopic (exact) mass is 271 g/mol. The molecule has 0 saturated heterocycles. The number of pyridine rings is 1. The van der Waals surface area contributed by atoms with Gasteiger partial charge < -0.3 is 10.1 Å². The van der Waals surface area contributed by atoms with E-state index in [1.807, 2.05) is 6.92 Å². The maximum atomic E-state index is 11.0. The molecule has 1 aromatic heterocycles. The zero-order valence-electron chi connectivity index (χ0n) is 10.0. The number of esters is 1. The summed E-state index contributed by atoms with van der Waals surface area (Å²) in [7, 11) is 1.26. The fourth-order valence-electron chi connectivity index (χ4n) is 1.14. The number of carbonyl (C=O) groups excluding carboxylic acids is 1. The molecule has 0 aliphatic carbocycles. The molecule has 98 valence electrons. The van der Waals surface area contributed by atoms with Crippen molar-refractivity contribution >= 4 is 29.2 Å². The third kappa shape index (κ3) is 3.88. The predicted molar refractivity (Wildman–Crippen MR) is 67.8 cm³/mol. The second-order valence-electron chi connectivity index (χ2n) is 3.17. The van der Waals surface area contributed by atoms with Gasteiger partial charge in [0.2, 0.25) is 0 Å². The molecule has 0 radical (unpaired) electrons. The average molecular weight is 271 g/mol. The summed E-state index contributed by atoms with van der Waals surface area (Å²) in [6, 6.07) is 2.90. The lowest BCUT2D eigenvalue weighted by molar-refractivity contribution is -0.388. The molecule has 0 aliphatic heterocycles. The standard InChI is InChI=1S/C10H13N3O4S/c1-3-11-8-5-4-7(13(15)16)10(12-8)18-6-9(14)17-2/h4-5H,3,6H2,1-2H3,(H,11,12). The van der Waals surface area contributed by atoms with Gasteiger partial charge in [0.1, 0.15) is 5.82 Å². The Morgan fingerprint density at radius 1 is 1.61 bits per heavy atom. The van der Waals surface area contributed by atoms with Crippen molar-refractivity contribution in [2.45, 2.75) is 11.9 Å². The maximum absolute atomic E-state index is 11.0. The quantitative estimate of drug-likeness (QED) is 0.364. The summed E-state index contributed by atoms with van der Waals surface area (Å²) in [6.45, 7) is 2.55. The van der Waals surface area contributed by atoms with E-state index in [0.29, 0.717) is 12.4 Å². The van der Waals surface area contributed by atoms with Gasteiger partial charge in [-0.1, -0.05) is 11.8 Å². The van der Waals surface area contributed by atoms with E-state index >= 15 is 0 Å². The Bertz CT molecular complexity index is 453. The van der Waals surface area contributed by atoms with Crippen LogP contribution < -0.4 is 5.32 Å². The number of anilines is 1. The van der Waals surface area contributed by atoms with Gasteiger partial charge in [0, 0.05) is 12.6 Å². The molecule has 1 rings (SSSR count). The van der Waals surface area contributed by atoms with Gasteiger partial charge in [-0.25, -0.2) is 4.98 Å². The highest BCUT2D eigenvalue weighted by molar-refractivity contribution is 8.00. The summed E-state index contributed by atoms with van der Waals surface area (Å²) in [5.74, 6) is 0.0698. The van der Waals surface area contributed by atoms with E-state index in [-0.39, 0.29) is 16.5 Å². The van der Waals surface area contributed by atoms with Crippen LogP contribution in [0, 0.1) is 10.1 Å². The predicted octanol–water partition coefficient (Wildman–Crippen LogP) is 1.69. The Labute approximate surface area is 108 Å². The van der Waals surface area contributed by atoms with Crippen LogP contribution in [0.2, 0.25) is 0 Å². The normalized spacial score (nSPS) is 9.89. The van der Waals surface area contributed by atoms with Crippen molar-refractivity contribution in [3.05, 3.63) is 22.2 Å². The molecule has 0 spiro atoms. The average Bonchev–Trinajstić information content (AvgIpc) is 2.36. The number of hydrogen-bond donors (Lipinski definition) is 1. The first-order valence-electron chi connectivity index (χ1n) is 5.17. The molecule has 18 heavy (non-hydrogen) atoms. The maximum Gasteiger partial charge on any atom is 0.316 e. The van der Waals surface area contributed by atoms with Gasteiger partial charge in [-0.3, -0.25) is 14.9 Å². The summed E-state index contributed by atoms with van der Waals surface area (Å²) < 4.78 is 4.48. The van der Waals surface area contributed by atoms with Crippen LogP contribution in [0.15, 0.2) is 17.2 Å². The van der Waals surface area contributed by atoms with Gasteiger partial charge in [-0.2, -0.15) is 0 Å². The number of ether oxygens (including phenoxy) is 1. The number of carbonyl (C=O) groups is 1. The molecule has 1 heterocycles. The molecule has 0 bridgehead atoms. The van der Waals surface area contributed by atoms with Crippen LogP contribution in [0.3, 0.4) is 0 Å². The Balaban J connectivity index is 2.92. The van der Waals surface area contributed by atoms with Gasteiger partial charge in [0.05, 0.1) is 17.8 Å². The van der Waals surface area contributed by atoms with E-state index < -0.39 is 10.9 Å². The molecule has 0 atom stereocenters. The highest BCUT2D eigenvalue weighted by Gasteiger charge is 2.17. The number of aromatic nitrogens is 1.